The predicted octanol–water partition coefficient (Wildman–Crippen LogP) is 5.10. The molecule has 0 unspecified atom stereocenters. The Labute approximate surface area is 192 Å². The molecular weight excluding hydrogens is 487 g/mol. The maximum Gasteiger partial charge on any atom is 0.293 e. The largest absolute Gasteiger partial charge is 0.479 e. The Bertz CT molecular complexity index is 1350. The summed E-state index contributed by atoms with van der Waals surface area (Å²) in [5.74, 6) is -13.5. The third-order valence-electron chi connectivity index (χ3n) is 4.47. The number of nitrogens with one attached hydrogen (secondary N) is 1. The van der Waals surface area contributed by atoms with E-state index >= 15 is 0 Å². The van der Waals surface area contributed by atoms with E-state index in [1.54, 1.807) is 18.2 Å². The summed E-state index contributed by atoms with van der Waals surface area (Å²) in [4.78, 5) is 16.3. The number of furan rings is 1. The van der Waals surface area contributed by atoms with Gasteiger partial charge in [0.05, 0.1) is 6.54 Å². The molecule has 13 heteroatoms. The van der Waals surface area contributed by atoms with E-state index in [2.05, 4.69) is 15.4 Å². The first-order valence-electron chi connectivity index (χ1n) is 9.41. The monoisotopic (exact) mass is 498 g/mol. The van der Waals surface area contributed by atoms with Crippen LogP contribution in [0.15, 0.2) is 47.1 Å². The maximum atomic E-state index is 13.7. The van der Waals surface area contributed by atoms with E-state index in [-0.39, 0.29) is 17.5 Å². The molecule has 0 aliphatic carbocycles. The highest BCUT2D eigenvalue weighted by Crippen LogP contribution is 2.30. The summed E-state index contributed by atoms with van der Waals surface area (Å²) < 4.78 is 78.3. The first kappa shape index (κ1) is 23.2. The van der Waals surface area contributed by atoms with Crippen molar-refractivity contribution in [3.63, 3.8) is 0 Å². The van der Waals surface area contributed by atoms with Gasteiger partial charge in [0.2, 0.25) is 35.0 Å². The van der Waals surface area contributed by atoms with Crippen LogP contribution in [-0.4, -0.2) is 20.7 Å². The van der Waals surface area contributed by atoms with Crippen LogP contribution in [0.1, 0.15) is 21.9 Å². The van der Waals surface area contributed by atoms with E-state index in [0.29, 0.717) is 11.6 Å². The first-order chi connectivity index (χ1) is 16.2. The molecule has 2 heterocycles. The van der Waals surface area contributed by atoms with E-state index in [0.717, 1.165) is 5.56 Å². The van der Waals surface area contributed by atoms with Gasteiger partial charge in [0, 0.05) is 5.02 Å². The van der Waals surface area contributed by atoms with Crippen molar-refractivity contribution in [1.82, 2.24) is 14.8 Å². The second kappa shape index (κ2) is 9.51. The summed E-state index contributed by atoms with van der Waals surface area (Å²) in [6.07, 6.45) is 1.38. The number of amides is 1. The molecule has 0 saturated carbocycles. The Morgan fingerprint density at radius 1 is 1.00 bits per heavy atom. The zero-order valence-electron chi connectivity index (χ0n) is 16.8. The number of benzene rings is 2. The van der Waals surface area contributed by atoms with Crippen molar-refractivity contribution in [3.05, 3.63) is 93.9 Å². The standard InChI is InChI=1S/C21H12ClF5N4O3/c22-12-4-2-1-3-10(12)7-31-9-28-21(30-31)29-20(32)13-6-5-11(34-13)8-33-19-17(26)15(24)14(23)16(25)18(19)27/h1-6,9H,7-8H2,(H,29,30,32). The lowest BCUT2D eigenvalue weighted by atomic mass is 10.2. The molecule has 0 atom stereocenters. The number of rotatable bonds is 7. The Balaban J connectivity index is 1.39. The smallest absolute Gasteiger partial charge is 0.293 e. The highest BCUT2D eigenvalue weighted by atomic mass is 35.5. The van der Waals surface area contributed by atoms with Gasteiger partial charge in [-0.05, 0) is 23.8 Å². The number of aromatic nitrogens is 3. The lowest BCUT2D eigenvalue weighted by Gasteiger charge is -2.09. The highest BCUT2D eigenvalue weighted by Gasteiger charge is 2.27. The number of hydrogen-bond acceptors (Lipinski definition) is 5. The Morgan fingerprint density at radius 3 is 2.38 bits per heavy atom. The van der Waals surface area contributed by atoms with Crippen LogP contribution in [0, 0.1) is 29.1 Å². The van der Waals surface area contributed by atoms with Gasteiger partial charge in [-0.3, -0.25) is 10.1 Å². The quantitative estimate of drug-likeness (QED) is 0.218. The molecule has 7 nitrogen and oxygen atoms in total. The molecule has 2 aromatic heterocycles. The van der Waals surface area contributed by atoms with Crippen molar-refractivity contribution in [2.24, 2.45) is 0 Å². The summed E-state index contributed by atoms with van der Waals surface area (Å²) in [6.45, 7) is -0.404. The molecule has 0 spiro atoms. The van der Waals surface area contributed by atoms with Gasteiger partial charge < -0.3 is 9.15 Å². The topological polar surface area (TPSA) is 82.2 Å². The maximum absolute atomic E-state index is 13.7. The summed E-state index contributed by atoms with van der Waals surface area (Å²) >= 11 is 6.10. The molecule has 0 bridgehead atoms. The molecule has 0 radical (unpaired) electrons. The van der Waals surface area contributed by atoms with Gasteiger partial charge in [-0.2, -0.15) is 8.78 Å². The molecule has 34 heavy (non-hydrogen) atoms. The molecule has 0 aliphatic rings. The Morgan fingerprint density at radius 2 is 1.68 bits per heavy atom. The van der Waals surface area contributed by atoms with E-state index < -0.39 is 47.3 Å². The predicted molar refractivity (Wildman–Crippen MR) is 108 cm³/mol. The second-order valence-electron chi connectivity index (χ2n) is 6.76. The minimum absolute atomic E-state index is 0.0346. The highest BCUT2D eigenvalue weighted by molar-refractivity contribution is 6.31. The minimum Gasteiger partial charge on any atom is -0.479 e. The van der Waals surface area contributed by atoms with Gasteiger partial charge in [-0.25, -0.2) is 22.8 Å². The fourth-order valence-corrected chi connectivity index (χ4v) is 3.02. The third kappa shape index (κ3) is 4.71. The lowest BCUT2D eigenvalue weighted by Crippen LogP contribution is -2.12. The average Bonchev–Trinajstić information content (AvgIpc) is 3.47. The van der Waals surface area contributed by atoms with Crippen molar-refractivity contribution in [1.29, 1.82) is 0 Å². The van der Waals surface area contributed by atoms with Crippen LogP contribution in [-0.2, 0) is 13.2 Å². The molecule has 1 N–H and O–H groups in total. The number of ether oxygens (including phenoxy) is 1. The zero-order valence-corrected chi connectivity index (χ0v) is 17.5. The minimum atomic E-state index is -2.30. The number of carbonyl (C=O) groups is 1. The van der Waals surface area contributed by atoms with Gasteiger partial charge in [-0.1, -0.05) is 29.8 Å². The molecule has 0 aliphatic heterocycles. The Hall–Kier alpha value is -3.93. The summed E-state index contributed by atoms with van der Waals surface area (Å²) in [7, 11) is 0. The van der Waals surface area contributed by atoms with E-state index in [1.165, 1.54) is 23.1 Å². The van der Waals surface area contributed by atoms with E-state index in [4.69, 9.17) is 20.8 Å². The van der Waals surface area contributed by atoms with Gasteiger partial charge in [0.1, 0.15) is 18.7 Å². The summed E-state index contributed by atoms with van der Waals surface area (Å²) in [5.41, 5.74) is 0.788. The fourth-order valence-electron chi connectivity index (χ4n) is 2.82. The summed E-state index contributed by atoms with van der Waals surface area (Å²) in [5, 5.41) is 7.04. The SMILES string of the molecule is O=C(Nc1ncn(Cc2ccccc2Cl)n1)c1ccc(COc2c(F)c(F)c(F)c(F)c2F)o1. The third-order valence-corrected chi connectivity index (χ3v) is 4.83. The van der Waals surface area contributed by atoms with Gasteiger partial charge in [0.15, 0.2) is 11.5 Å². The molecule has 4 aromatic rings. The van der Waals surface area contributed by atoms with Crippen molar-refractivity contribution in [2.75, 3.05) is 5.32 Å². The molecule has 4 rings (SSSR count). The fraction of sp³-hybridized carbons (Fsp3) is 0.0952. The average molecular weight is 499 g/mol. The van der Waals surface area contributed by atoms with Crippen molar-refractivity contribution >= 4 is 23.5 Å². The van der Waals surface area contributed by atoms with Crippen molar-refractivity contribution in [3.8, 4) is 5.75 Å². The number of nitrogens with zero attached hydrogens (tertiary/aromatic N) is 3. The van der Waals surface area contributed by atoms with E-state index in [9.17, 15) is 26.7 Å². The molecule has 0 saturated heterocycles. The Kier molecular flexibility index (Phi) is 6.50. The van der Waals surface area contributed by atoms with Crippen LogP contribution in [0.3, 0.4) is 0 Å². The van der Waals surface area contributed by atoms with Crippen LogP contribution in [0.25, 0.3) is 0 Å². The van der Waals surface area contributed by atoms with Crippen LogP contribution >= 0.6 is 11.6 Å². The van der Waals surface area contributed by atoms with Gasteiger partial charge in [0.25, 0.3) is 5.91 Å². The van der Waals surface area contributed by atoms with Crippen LogP contribution in [0.2, 0.25) is 5.02 Å². The molecule has 176 valence electrons. The van der Waals surface area contributed by atoms with Crippen LogP contribution in [0.5, 0.6) is 5.75 Å². The van der Waals surface area contributed by atoms with E-state index in [1.807, 2.05) is 6.07 Å². The van der Waals surface area contributed by atoms with Crippen molar-refractivity contribution < 1.29 is 35.9 Å². The molecule has 1 amide bonds. The molecule has 2 aromatic carbocycles. The number of anilines is 1. The zero-order chi connectivity index (χ0) is 24.4. The molecule has 0 fully saturated rings. The van der Waals surface area contributed by atoms with Gasteiger partial charge >= 0.3 is 0 Å². The van der Waals surface area contributed by atoms with Crippen molar-refractivity contribution in [2.45, 2.75) is 13.2 Å². The molecular formula is C21H12ClF5N4O3. The number of carbonyl (C=O) groups excluding carboxylic acids is 1. The normalized spacial score (nSPS) is 11.0. The second-order valence-corrected chi connectivity index (χ2v) is 7.17. The lowest BCUT2D eigenvalue weighted by molar-refractivity contribution is 0.0991. The number of hydrogen-bond donors (Lipinski definition) is 1. The first-order valence-corrected chi connectivity index (χ1v) is 9.79. The summed E-state index contributed by atoms with van der Waals surface area (Å²) in [6, 6.07) is 9.56. The van der Waals surface area contributed by atoms with Crippen LogP contribution < -0.4 is 10.1 Å². The van der Waals surface area contributed by atoms with Gasteiger partial charge in [-0.15, -0.1) is 5.10 Å². The van der Waals surface area contributed by atoms with Crippen LogP contribution in [0.4, 0.5) is 27.9 Å². The number of halogens is 6.